The second kappa shape index (κ2) is 12.1. The van der Waals surface area contributed by atoms with Crippen molar-refractivity contribution in [2.45, 2.75) is 18.9 Å². The molecule has 1 heterocycles. The fourth-order valence-electron chi connectivity index (χ4n) is 3.68. The lowest BCUT2D eigenvalue weighted by Gasteiger charge is -2.19. The van der Waals surface area contributed by atoms with Gasteiger partial charge in [-0.2, -0.15) is 0 Å². The molecule has 1 atom stereocenters. The monoisotopic (exact) mass is 553 g/mol. The first-order valence-electron chi connectivity index (χ1n) is 10.9. The van der Waals surface area contributed by atoms with Crippen LogP contribution in [0.2, 0.25) is 20.1 Å². The number of urea groups is 1. The first-order valence-corrected chi connectivity index (χ1v) is 12.4. The van der Waals surface area contributed by atoms with Crippen LogP contribution in [0.1, 0.15) is 23.5 Å². The van der Waals surface area contributed by atoms with Crippen molar-refractivity contribution in [2.24, 2.45) is 0 Å². The largest absolute Gasteiger partial charge is 0.454 e. The van der Waals surface area contributed by atoms with Crippen LogP contribution < -0.4 is 25.4 Å². The lowest BCUT2D eigenvalue weighted by molar-refractivity contribution is 0.174. The molecule has 2 amide bonds. The van der Waals surface area contributed by atoms with E-state index in [1.807, 2.05) is 30.3 Å². The fraction of sp³-hybridized carbons (Fsp3) is 0.240. The van der Waals surface area contributed by atoms with Gasteiger partial charge >= 0.3 is 6.03 Å². The van der Waals surface area contributed by atoms with Crippen molar-refractivity contribution in [1.82, 2.24) is 10.6 Å². The zero-order valence-electron chi connectivity index (χ0n) is 18.5. The molecule has 1 aliphatic rings. The van der Waals surface area contributed by atoms with Gasteiger partial charge in [-0.25, -0.2) is 4.79 Å². The minimum atomic E-state index is -0.346. The molecule has 0 spiro atoms. The van der Waals surface area contributed by atoms with Gasteiger partial charge in [0.1, 0.15) is 0 Å². The summed E-state index contributed by atoms with van der Waals surface area (Å²) in [5, 5.41) is 10.9. The number of fused-ring (bicyclic) bond motifs is 1. The van der Waals surface area contributed by atoms with Gasteiger partial charge in [0.15, 0.2) is 11.5 Å². The number of amides is 2. The van der Waals surface area contributed by atoms with Crippen LogP contribution in [-0.2, 0) is 6.54 Å². The number of nitrogens with one attached hydrogen (secondary N) is 3. The number of carbonyl (C=O) groups is 1. The Balaban J connectivity index is 1.34. The van der Waals surface area contributed by atoms with Gasteiger partial charge in [0.25, 0.3) is 0 Å². The smallest absolute Gasteiger partial charge is 0.319 e. The number of benzene rings is 3. The van der Waals surface area contributed by atoms with E-state index in [-0.39, 0.29) is 18.7 Å². The molecule has 0 saturated heterocycles. The molecule has 3 N–H and O–H groups in total. The number of rotatable bonds is 9. The third kappa shape index (κ3) is 7.09. The van der Waals surface area contributed by atoms with E-state index in [0.717, 1.165) is 35.6 Å². The standard InChI is InChI=1S/C25H23Cl4N3O3/c26-19-4-2-16(10-21(19)28)17(13-31-25(33)32-18-3-5-20(27)22(29)11-18)7-8-30-12-15-1-6-23-24(9-15)35-14-34-23/h1-6,9-11,17,30H,7-8,12-14H2,(H2,31,32,33). The van der Waals surface area contributed by atoms with E-state index in [4.69, 9.17) is 55.9 Å². The van der Waals surface area contributed by atoms with Gasteiger partial charge in [-0.15, -0.1) is 0 Å². The SMILES string of the molecule is O=C(NCC(CCNCc1ccc2c(c1)OCO2)c1ccc(Cl)c(Cl)c1)Nc1ccc(Cl)c(Cl)c1. The van der Waals surface area contributed by atoms with E-state index in [2.05, 4.69) is 16.0 Å². The number of hydrogen-bond acceptors (Lipinski definition) is 4. The Bertz CT molecular complexity index is 1210. The third-order valence-electron chi connectivity index (χ3n) is 5.54. The maximum atomic E-state index is 12.5. The second-order valence-electron chi connectivity index (χ2n) is 7.99. The average molecular weight is 555 g/mol. The molecule has 0 fully saturated rings. The van der Waals surface area contributed by atoms with E-state index in [0.29, 0.717) is 38.9 Å². The fourth-order valence-corrected chi connectivity index (χ4v) is 4.28. The summed E-state index contributed by atoms with van der Waals surface area (Å²) in [6, 6.07) is 16.0. The van der Waals surface area contributed by atoms with Gasteiger partial charge in [-0.05, 0) is 66.6 Å². The molecular weight excluding hydrogens is 532 g/mol. The lowest BCUT2D eigenvalue weighted by Crippen LogP contribution is -2.33. The molecule has 0 radical (unpaired) electrons. The summed E-state index contributed by atoms with van der Waals surface area (Å²) in [5.74, 6) is 1.53. The maximum Gasteiger partial charge on any atom is 0.319 e. The summed E-state index contributed by atoms with van der Waals surface area (Å²) >= 11 is 24.3. The van der Waals surface area contributed by atoms with Crippen molar-refractivity contribution >= 4 is 58.1 Å². The lowest BCUT2D eigenvalue weighted by atomic mass is 9.95. The molecule has 1 aliphatic heterocycles. The molecule has 0 aromatic heterocycles. The number of ether oxygens (including phenoxy) is 2. The van der Waals surface area contributed by atoms with Gasteiger partial charge in [0, 0.05) is 24.7 Å². The van der Waals surface area contributed by atoms with E-state index >= 15 is 0 Å². The molecule has 3 aromatic carbocycles. The first-order chi connectivity index (χ1) is 16.9. The summed E-state index contributed by atoms with van der Waals surface area (Å²) in [6.07, 6.45) is 0.759. The average Bonchev–Trinajstić information content (AvgIpc) is 3.31. The Morgan fingerprint density at radius 3 is 2.37 bits per heavy atom. The van der Waals surface area contributed by atoms with Gasteiger partial charge < -0.3 is 25.4 Å². The molecule has 1 unspecified atom stereocenters. The van der Waals surface area contributed by atoms with Crippen molar-refractivity contribution in [2.75, 3.05) is 25.2 Å². The molecule has 3 aromatic rings. The minimum Gasteiger partial charge on any atom is -0.454 e. The van der Waals surface area contributed by atoms with Crippen LogP contribution in [0.5, 0.6) is 11.5 Å². The minimum absolute atomic E-state index is 0.00794. The van der Waals surface area contributed by atoms with Gasteiger partial charge in [0.2, 0.25) is 6.79 Å². The molecule has 10 heteroatoms. The summed E-state index contributed by atoms with van der Waals surface area (Å²) < 4.78 is 10.8. The Hall–Kier alpha value is -2.35. The summed E-state index contributed by atoms with van der Waals surface area (Å²) in [5.41, 5.74) is 2.63. The quantitative estimate of drug-likeness (QED) is 0.246. The predicted molar refractivity (Wildman–Crippen MR) is 142 cm³/mol. The van der Waals surface area contributed by atoms with Crippen LogP contribution >= 0.6 is 46.4 Å². The number of halogens is 4. The van der Waals surface area contributed by atoms with Gasteiger partial charge in [-0.1, -0.05) is 58.5 Å². The summed E-state index contributed by atoms with van der Waals surface area (Å²) in [7, 11) is 0. The van der Waals surface area contributed by atoms with Crippen LogP contribution in [0.4, 0.5) is 10.5 Å². The van der Waals surface area contributed by atoms with Gasteiger partial charge in [0.05, 0.1) is 20.1 Å². The van der Waals surface area contributed by atoms with Crippen LogP contribution in [0.3, 0.4) is 0 Å². The molecule has 0 aliphatic carbocycles. The highest BCUT2D eigenvalue weighted by Crippen LogP contribution is 2.32. The van der Waals surface area contributed by atoms with E-state index in [9.17, 15) is 4.79 Å². The Morgan fingerprint density at radius 2 is 1.60 bits per heavy atom. The Labute approximate surface area is 223 Å². The summed E-state index contributed by atoms with van der Waals surface area (Å²) in [4.78, 5) is 12.5. The Morgan fingerprint density at radius 1 is 0.857 bits per heavy atom. The molecule has 6 nitrogen and oxygen atoms in total. The highest BCUT2D eigenvalue weighted by atomic mass is 35.5. The van der Waals surface area contributed by atoms with Crippen molar-refractivity contribution in [3.05, 3.63) is 85.8 Å². The van der Waals surface area contributed by atoms with E-state index in [1.54, 1.807) is 24.3 Å². The van der Waals surface area contributed by atoms with E-state index < -0.39 is 0 Å². The number of anilines is 1. The topological polar surface area (TPSA) is 71.6 Å². The van der Waals surface area contributed by atoms with Crippen LogP contribution in [0.15, 0.2) is 54.6 Å². The number of hydrogen-bond donors (Lipinski definition) is 3. The van der Waals surface area contributed by atoms with Gasteiger partial charge in [-0.3, -0.25) is 0 Å². The normalized spacial score (nSPS) is 12.9. The predicted octanol–water partition coefficient (Wildman–Crippen LogP) is 7.11. The highest BCUT2D eigenvalue weighted by molar-refractivity contribution is 6.42. The molecule has 0 saturated carbocycles. The zero-order valence-corrected chi connectivity index (χ0v) is 21.6. The molecular formula is C25H23Cl4N3O3. The van der Waals surface area contributed by atoms with Crippen molar-refractivity contribution in [3.63, 3.8) is 0 Å². The third-order valence-corrected chi connectivity index (χ3v) is 7.02. The van der Waals surface area contributed by atoms with Crippen LogP contribution in [-0.4, -0.2) is 25.9 Å². The van der Waals surface area contributed by atoms with Crippen molar-refractivity contribution in [3.8, 4) is 11.5 Å². The summed E-state index contributed by atoms with van der Waals surface area (Å²) in [6.45, 7) is 2.05. The zero-order chi connectivity index (χ0) is 24.8. The van der Waals surface area contributed by atoms with Crippen molar-refractivity contribution in [1.29, 1.82) is 0 Å². The first kappa shape index (κ1) is 25.7. The molecule has 4 rings (SSSR count). The number of carbonyl (C=O) groups excluding carboxylic acids is 1. The van der Waals surface area contributed by atoms with E-state index in [1.165, 1.54) is 0 Å². The van der Waals surface area contributed by atoms with Crippen molar-refractivity contribution < 1.29 is 14.3 Å². The Kier molecular flexibility index (Phi) is 8.87. The molecule has 0 bridgehead atoms. The van der Waals surface area contributed by atoms with Crippen LogP contribution in [0, 0.1) is 0 Å². The molecule has 184 valence electrons. The molecule has 35 heavy (non-hydrogen) atoms. The second-order valence-corrected chi connectivity index (χ2v) is 9.62. The van der Waals surface area contributed by atoms with Crippen LogP contribution in [0.25, 0.3) is 0 Å². The highest BCUT2D eigenvalue weighted by Gasteiger charge is 2.16. The maximum absolute atomic E-state index is 12.5.